The first-order valence-corrected chi connectivity index (χ1v) is 7.36. The lowest BCUT2D eigenvalue weighted by Gasteiger charge is -2.13. The minimum absolute atomic E-state index is 0.0211. The Hall–Kier alpha value is -2.33. The van der Waals surface area contributed by atoms with Crippen LogP contribution in [-0.2, 0) is 17.9 Å². The molecule has 0 atom stereocenters. The largest absolute Gasteiger partial charge is 0.392 e. The highest BCUT2D eigenvalue weighted by atomic mass is 16.3. The van der Waals surface area contributed by atoms with Gasteiger partial charge in [0, 0.05) is 12.2 Å². The van der Waals surface area contributed by atoms with Crippen molar-refractivity contribution < 1.29 is 9.90 Å². The Kier molecular flexibility index (Phi) is 5.55. The molecule has 4 heteroatoms. The van der Waals surface area contributed by atoms with Crippen molar-refractivity contribution in [2.75, 3.05) is 11.9 Å². The van der Waals surface area contributed by atoms with E-state index in [-0.39, 0.29) is 19.1 Å². The van der Waals surface area contributed by atoms with Gasteiger partial charge in [0.05, 0.1) is 13.2 Å². The molecule has 0 unspecified atom stereocenters. The van der Waals surface area contributed by atoms with E-state index in [1.165, 1.54) is 0 Å². The van der Waals surface area contributed by atoms with Gasteiger partial charge < -0.3 is 15.7 Å². The van der Waals surface area contributed by atoms with Crippen molar-refractivity contribution in [2.24, 2.45) is 0 Å². The minimum atomic E-state index is -0.0737. The van der Waals surface area contributed by atoms with Crippen LogP contribution >= 0.6 is 0 Å². The second-order valence-electron chi connectivity index (χ2n) is 5.32. The Morgan fingerprint density at radius 3 is 2.27 bits per heavy atom. The third-order valence-corrected chi connectivity index (χ3v) is 3.67. The normalized spacial score (nSPS) is 10.3. The van der Waals surface area contributed by atoms with Crippen molar-refractivity contribution in [1.82, 2.24) is 5.32 Å². The molecule has 2 aromatic rings. The molecule has 2 aromatic carbocycles. The Balaban J connectivity index is 1.88. The number of anilines is 1. The van der Waals surface area contributed by atoms with Crippen molar-refractivity contribution >= 4 is 11.6 Å². The van der Waals surface area contributed by atoms with Crippen molar-refractivity contribution in [1.29, 1.82) is 0 Å². The summed E-state index contributed by atoms with van der Waals surface area (Å²) >= 11 is 0. The summed E-state index contributed by atoms with van der Waals surface area (Å²) < 4.78 is 0. The summed E-state index contributed by atoms with van der Waals surface area (Å²) in [6.45, 7) is 4.67. The van der Waals surface area contributed by atoms with Crippen LogP contribution in [0.5, 0.6) is 0 Å². The monoisotopic (exact) mass is 298 g/mol. The fraction of sp³-hybridized carbons (Fsp3) is 0.278. The van der Waals surface area contributed by atoms with Crippen LogP contribution < -0.4 is 10.6 Å². The Labute approximate surface area is 131 Å². The number of rotatable bonds is 6. The van der Waals surface area contributed by atoms with Gasteiger partial charge in [0.25, 0.3) is 0 Å². The summed E-state index contributed by atoms with van der Waals surface area (Å²) in [6, 6.07) is 13.6. The second kappa shape index (κ2) is 7.61. The summed E-state index contributed by atoms with van der Waals surface area (Å²) in [5, 5.41) is 15.3. The third kappa shape index (κ3) is 4.09. The fourth-order valence-corrected chi connectivity index (χ4v) is 2.40. The third-order valence-electron chi connectivity index (χ3n) is 3.67. The zero-order chi connectivity index (χ0) is 15.9. The SMILES string of the molecule is Cc1cccc(C)c1NCC(=O)NCc1ccccc1CO. The molecule has 4 nitrogen and oxygen atoms in total. The first kappa shape index (κ1) is 16.0. The molecule has 116 valence electrons. The van der Waals surface area contributed by atoms with Gasteiger partial charge in [0.2, 0.25) is 5.91 Å². The number of carbonyl (C=O) groups excluding carboxylic acids is 1. The molecule has 0 heterocycles. The minimum Gasteiger partial charge on any atom is -0.392 e. The van der Waals surface area contributed by atoms with Gasteiger partial charge in [0.15, 0.2) is 0 Å². The van der Waals surface area contributed by atoms with E-state index in [4.69, 9.17) is 0 Å². The number of aryl methyl sites for hydroxylation is 2. The van der Waals surface area contributed by atoms with Crippen LogP contribution in [0.3, 0.4) is 0 Å². The standard InChI is InChI=1S/C18H22N2O2/c1-13-6-5-7-14(2)18(13)20-11-17(22)19-10-15-8-3-4-9-16(15)12-21/h3-9,20-21H,10-12H2,1-2H3,(H,19,22). The summed E-state index contributed by atoms with van der Waals surface area (Å²) in [5.74, 6) is -0.0737. The average molecular weight is 298 g/mol. The summed E-state index contributed by atoms with van der Waals surface area (Å²) in [5.41, 5.74) is 5.03. The van der Waals surface area contributed by atoms with Gasteiger partial charge in [-0.3, -0.25) is 4.79 Å². The average Bonchev–Trinajstić information content (AvgIpc) is 2.52. The number of para-hydroxylation sites is 1. The maximum absolute atomic E-state index is 12.0. The lowest BCUT2D eigenvalue weighted by atomic mass is 10.1. The number of carbonyl (C=O) groups is 1. The van der Waals surface area contributed by atoms with E-state index in [9.17, 15) is 9.90 Å². The van der Waals surface area contributed by atoms with Crippen LogP contribution in [0.15, 0.2) is 42.5 Å². The number of aliphatic hydroxyl groups excluding tert-OH is 1. The van der Waals surface area contributed by atoms with Crippen LogP contribution in [0.25, 0.3) is 0 Å². The molecule has 0 radical (unpaired) electrons. The van der Waals surface area contributed by atoms with Crippen molar-refractivity contribution in [2.45, 2.75) is 27.0 Å². The summed E-state index contributed by atoms with van der Waals surface area (Å²) in [7, 11) is 0. The number of amides is 1. The topological polar surface area (TPSA) is 61.4 Å². The van der Waals surface area contributed by atoms with Gasteiger partial charge in [0.1, 0.15) is 0 Å². The van der Waals surface area contributed by atoms with Crippen LogP contribution in [0, 0.1) is 13.8 Å². The fourth-order valence-electron chi connectivity index (χ4n) is 2.40. The zero-order valence-electron chi connectivity index (χ0n) is 13.0. The highest BCUT2D eigenvalue weighted by Gasteiger charge is 2.06. The molecule has 0 aliphatic heterocycles. The molecule has 1 amide bonds. The van der Waals surface area contributed by atoms with Gasteiger partial charge in [-0.05, 0) is 36.1 Å². The molecule has 0 fully saturated rings. The molecule has 3 N–H and O–H groups in total. The van der Waals surface area contributed by atoms with Crippen molar-refractivity contribution in [3.63, 3.8) is 0 Å². The zero-order valence-corrected chi connectivity index (χ0v) is 13.0. The Morgan fingerprint density at radius 2 is 1.64 bits per heavy atom. The highest BCUT2D eigenvalue weighted by molar-refractivity contribution is 5.81. The molecular formula is C18H22N2O2. The quantitative estimate of drug-likeness (QED) is 0.768. The van der Waals surface area contributed by atoms with Gasteiger partial charge >= 0.3 is 0 Å². The van der Waals surface area contributed by atoms with Crippen LogP contribution in [0.2, 0.25) is 0 Å². The maximum Gasteiger partial charge on any atom is 0.239 e. The Bertz CT molecular complexity index is 633. The van der Waals surface area contributed by atoms with Gasteiger partial charge in [-0.25, -0.2) is 0 Å². The molecule has 0 aromatic heterocycles. The van der Waals surface area contributed by atoms with E-state index in [1.54, 1.807) is 0 Å². The Morgan fingerprint density at radius 1 is 1.00 bits per heavy atom. The van der Waals surface area contributed by atoms with Gasteiger partial charge in [-0.2, -0.15) is 0 Å². The number of hydrogen-bond donors (Lipinski definition) is 3. The maximum atomic E-state index is 12.0. The van der Waals surface area contributed by atoms with Crippen LogP contribution in [-0.4, -0.2) is 17.6 Å². The van der Waals surface area contributed by atoms with Gasteiger partial charge in [-0.1, -0.05) is 42.5 Å². The van der Waals surface area contributed by atoms with Crippen molar-refractivity contribution in [3.05, 3.63) is 64.7 Å². The smallest absolute Gasteiger partial charge is 0.239 e. The number of hydrogen-bond acceptors (Lipinski definition) is 3. The summed E-state index contributed by atoms with van der Waals surface area (Å²) in [6.07, 6.45) is 0. The number of nitrogens with one attached hydrogen (secondary N) is 2. The molecule has 0 spiro atoms. The van der Waals surface area contributed by atoms with E-state index in [2.05, 4.69) is 10.6 Å². The molecular weight excluding hydrogens is 276 g/mol. The van der Waals surface area contributed by atoms with E-state index >= 15 is 0 Å². The van der Waals surface area contributed by atoms with Crippen LogP contribution in [0.1, 0.15) is 22.3 Å². The lowest BCUT2D eigenvalue weighted by molar-refractivity contribution is -0.119. The van der Waals surface area contributed by atoms with Gasteiger partial charge in [-0.15, -0.1) is 0 Å². The molecule has 0 aliphatic carbocycles. The van der Waals surface area contributed by atoms with E-state index in [0.717, 1.165) is 27.9 Å². The lowest BCUT2D eigenvalue weighted by Crippen LogP contribution is -2.30. The predicted molar refractivity (Wildman–Crippen MR) is 88.6 cm³/mol. The molecule has 0 bridgehead atoms. The summed E-state index contributed by atoms with van der Waals surface area (Å²) in [4.78, 5) is 12.0. The number of aliphatic hydroxyl groups is 1. The molecule has 0 aliphatic rings. The molecule has 0 saturated carbocycles. The highest BCUT2D eigenvalue weighted by Crippen LogP contribution is 2.18. The first-order chi connectivity index (χ1) is 10.6. The second-order valence-corrected chi connectivity index (χ2v) is 5.32. The van der Waals surface area contributed by atoms with Crippen LogP contribution in [0.4, 0.5) is 5.69 Å². The van der Waals surface area contributed by atoms with E-state index < -0.39 is 0 Å². The molecule has 0 saturated heterocycles. The van der Waals surface area contributed by atoms with E-state index in [0.29, 0.717) is 6.54 Å². The molecule has 2 rings (SSSR count). The molecule has 22 heavy (non-hydrogen) atoms. The number of benzene rings is 2. The van der Waals surface area contributed by atoms with E-state index in [1.807, 2.05) is 56.3 Å². The first-order valence-electron chi connectivity index (χ1n) is 7.36. The predicted octanol–water partition coefficient (Wildman–Crippen LogP) is 2.52. The van der Waals surface area contributed by atoms with Crippen molar-refractivity contribution in [3.8, 4) is 0 Å².